The zero-order valence-corrected chi connectivity index (χ0v) is 30.1. The van der Waals surface area contributed by atoms with Crippen LogP contribution >= 0.6 is 11.3 Å². The minimum atomic E-state index is -5.04. The van der Waals surface area contributed by atoms with Gasteiger partial charge in [0.05, 0.1) is 7.11 Å². The molecule has 0 amide bonds. The summed E-state index contributed by atoms with van der Waals surface area (Å²) in [6, 6.07) is 21.9. The zero-order valence-electron chi connectivity index (χ0n) is 29.3. The monoisotopic (exact) mass is 710 g/mol. The van der Waals surface area contributed by atoms with Crippen molar-refractivity contribution in [2.45, 2.75) is 64.7 Å². The summed E-state index contributed by atoms with van der Waals surface area (Å²) in [5.41, 5.74) is -2.84. The molecule has 2 atom stereocenters. The standard InChI is InChI=1S/C41H41F3N4O2S/c1-5-7-22-48(23-8-6-2)33-16-15-30(38(25-33)49-4)24-29(3)14-17-34-18-19-35(51-34)20-21-37-36(28-47)39(31(26-45)27-46)50-40(37,41(42,43)44)32-12-10-9-11-13-32/h9-21,25,29H,5-8,22-24H2,1-4H3/b17-14+,21-20+. The van der Waals surface area contributed by atoms with Gasteiger partial charge in [0.15, 0.2) is 11.3 Å². The number of benzene rings is 2. The van der Waals surface area contributed by atoms with E-state index < -0.39 is 34.3 Å². The Kier molecular flexibility index (Phi) is 13.3. The van der Waals surface area contributed by atoms with Gasteiger partial charge in [-0.15, -0.1) is 11.3 Å². The molecule has 0 saturated heterocycles. The summed E-state index contributed by atoms with van der Waals surface area (Å²) in [6.07, 6.45) is 7.02. The number of halogens is 3. The van der Waals surface area contributed by atoms with Crippen LogP contribution in [0.2, 0.25) is 0 Å². The quantitative estimate of drug-likeness (QED) is 0.146. The minimum Gasteiger partial charge on any atom is -0.496 e. The topological polar surface area (TPSA) is 93.1 Å². The van der Waals surface area contributed by atoms with Gasteiger partial charge in [-0.1, -0.05) is 82.2 Å². The first-order valence-corrected chi connectivity index (χ1v) is 17.8. The van der Waals surface area contributed by atoms with Crippen molar-refractivity contribution in [3.63, 3.8) is 0 Å². The van der Waals surface area contributed by atoms with Gasteiger partial charge in [0.1, 0.15) is 29.5 Å². The number of rotatable bonds is 15. The molecular weight excluding hydrogens is 670 g/mol. The van der Waals surface area contributed by atoms with E-state index in [1.165, 1.54) is 53.4 Å². The van der Waals surface area contributed by atoms with Gasteiger partial charge < -0.3 is 14.4 Å². The average Bonchev–Trinajstić information content (AvgIpc) is 3.73. The van der Waals surface area contributed by atoms with Crippen LogP contribution in [0.15, 0.2) is 95.3 Å². The summed E-state index contributed by atoms with van der Waals surface area (Å²) in [5, 5.41) is 28.9. The van der Waals surface area contributed by atoms with Crippen molar-refractivity contribution >= 4 is 29.2 Å². The van der Waals surface area contributed by atoms with Gasteiger partial charge >= 0.3 is 6.18 Å². The lowest BCUT2D eigenvalue weighted by atomic mass is 9.84. The van der Waals surface area contributed by atoms with Crippen LogP contribution in [-0.2, 0) is 16.8 Å². The molecule has 10 heteroatoms. The van der Waals surface area contributed by atoms with Crippen molar-refractivity contribution in [2.24, 2.45) is 5.92 Å². The van der Waals surface area contributed by atoms with Gasteiger partial charge in [0.25, 0.3) is 5.60 Å². The van der Waals surface area contributed by atoms with E-state index in [1.807, 2.05) is 12.1 Å². The Morgan fingerprint density at radius 2 is 1.59 bits per heavy atom. The molecule has 51 heavy (non-hydrogen) atoms. The fraction of sp³-hybridized carbons (Fsp3) is 0.341. The second-order valence-electron chi connectivity index (χ2n) is 12.3. The van der Waals surface area contributed by atoms with Crippen LogP contribution < -0.4 is 9.64 Å². The lowest BCUT2D eigenvalue weighted by molar-refractivity contribution is -0.249. The lowest BCUT2D eigenvalue weighted by Crippen LogP contribution is -2.43. The summed E-state index contributed by atoms with van der Waals surface area (Å²) in [7, 11) is 1.70. The van der Waals surface area contributed by atoms with Gasteiger partial charge in [-0.3, -0.25) is 0 Å². The molecule has 3 aromatic rings. The molecule has 0 radical (unpaired) electrons. The van der Waals surface area contributed by atoms with Crippen molar-refractivity contribution in [3.8, 4) is 24.0 Å². The van der Waals surface area contributed by atoms with E-state index in [-0.39, 0.29) is 11.5 Å². The number of anilines is 1. The predicted molar refractivity (Wildman–Crippen MR) is 196 cm³/mol. The van der Waals surface area contributed by atoms with E-state index in [2.05, 4.69) is 49.9 Å². The summed E-state index contributed by atoms with van der Waals surface area (Å²) in [5.74, 6) is 0.332. The molecule has 4 rings (SSSR count). The molecule has 0 fully saturated rings. The number of unbranched alkanes of at least 4 members (excludes halogenated alkanes) is 2. The average molecular weight is 711 g/mol. The molecule has 1 aromatic heterocycles. The highest BCUT2D eigenvalue weighted by atomic mass is 32.1. The van der Waals surface area contributed by atoms with Crippen LogP contribution in [0.3, 0.4) is 0 Å². The molecule has 0 aliphatic carbocycles. The highest BCUT2D eigenvalue weighted by Gasteiger charge is 2.65. The van der Waals surface area contributed by atoms with Crippen LogP contribution in [0.4, 0.5) is 18.9 Å². The predicted octanol–water partition coefficient (Wildman–Crippen LogP) is 10.7. The minimum absolute atomic E-state index is 0.166. The van der Waals surface area contributed by atoms with E-state index in [9.17, 15) is 15.8 Å². The summed E-state index contributed by atoms with van der Waals surface area (Å²) >= 11 is 1.37. The van der Waals surface area contributed by atoms with Gasteiger partial charge in [0, 0.05) is 45.7 Å². The van der Waals surface area contributed by atoms with E-state index in [0.29, 0.717) is 4.88 Å². The normalized spacial score (nSPS) is 16.5. The molecule has 264 valence electrons. The van der Waals surface area contributed by atoms with Crippen LogP contribution in [0.1, 0.15) is 67.3 Å². The highest BCUT2D eigenvalue weighted by molar-refractivity contribution is 7.13. The number of methoxy groups -OCH3 is 1. The Labute approximate surface area is 302 Å². The molecule has 1 aliphatic rings. The van der Waals surface area contributed by atoms with Crippen molar-refractivity contribution in [3.05, 3.63) is 116 Å². The molecule has 2 heterocycles. The van der Waals surface area contributed by atoms with Crippen molar-refractivity contribution in [2.75, 3.05) is 25.1 Å². The SMILES string of the molecule is CCCCN(CCCC)c1ccc(CC(C)/C=C/c2ccc(/C=C/C3=C(C#N)C(=C(C#N)C#N)OC3(c3ccccc3)C(F)(F)F)s2)c(OC)c1. The molecule has 2 aromatic carbocycles. The number of hydrogen-bond acceptors (Lipinski definition) is 7. The largest absolute Gasteiger partial charge is 0.496 e. The van der Waals surface area contributed by atoms with Crippen molar-refractivity contribution in [1.82, 2.24) is 0 Å². The van der Waals surface area contributed by atoms with Crippen LogP contribution in [0.5, 0.6) is 5.75 Å². The number of hydrogen-bond donors (Lipinski definition) is 0. The maximum Gasteiger partial charge on any atom is 0.437 e. The molecule has 2 unspecified atom stereocenters. The molecule has 0 saturated carbocycles. The lowest BCUT2D eigenvalue weighted by Gasteiger charge is -2.33. The van der Waals surface area contributed by atoms with Crippen LogP contribution in [0.25, 0.3) is 12.2 Å². The number of allylic oxidation sites excluding steroid dienone is 3. The van der Waals surface area contributed by atoms with Crippen molar-refractivity contribution in [1.29, 1.82) is 15.8 Å². The first-order valence-electron chi connectivity index (χ1n) is 17.0. The molecule has 1 aliphatic heterocycles. The van der Waals surface area contributed by atoms with Crippen molar-refractivity contribution < 1.29 is 22.6 Å². The third-order valence-corrected chi connectivity index (χ3v) is 9.68. The fourth-order valence-corrected chi connectivity index (χ4v) is 6.81. The Balaban J connectivity index is 1.59. The second kappa shape index (κ2) is 17.6. The van der Waals surface area contributed by atoms with Crippen LogP contribution in [0, 0.1) is 39.9 Å². The second-order valence-corrected chi connectivity index (χ2v) is 13.4. The fourth-order valence-electron chi connectivity index (χ4n) is 5.99. The molecule has 6 nitrogen and oxygen atoms in total. The van der Waals surface area contributed by atoms with E-state index in [1.54, 1.807) is 37.5 Å². The van der Waals surface area contributed by atoms with E-state index in [0.717, 1.165) is 61.4 Å². The number of nitriles is 3. The van der Waals surface area contributed by atoms with Gasteiger partial charge in [-0.25, -0.2) is 0 Å². The Morgan fingerprint density at radius 3 is 2.16 bits per heavy atom. The summed E-state index contributed by atoms with van der Waals surface area (Å²) in [4.78, 5) is 3.96. The Hall–Kier alpha value is -5.24. The molecule has 0 spiro atoms. The van der Waals surface area contributed by atoms with Gasteiger partial charge in [-0.2, -0.15) is 29.0 Å². The maximum atomic E-state index is 15.1. The summed E-state index contributed by atoms with van der Waals surface area (Å²) < 4.78 is 56.4. The third kappa shape index (κ3) is 8.74. The molecule has 0 bridgehead atoms. The number of alkyl halides is 3. The summed E-state index contributed by atoms with van der Waals surface area (Å²) in [6.45, 7) is 8.54. The Morgan fingerprint density at radius 1 is 0.941 bits per heavy atom. The van der Waals surface area contributed by atoms with E-state index in [4.69, 9.17) is 9.47 Å². The molecular formula is C41H41F3N4O2S. The van der Waals surface area contributed by atoms with E-state index >= 15 is 13.2 Å². The number of nitrogens with zero attached hydrogens (tertiary/aromatic N) is 4. The number of thiophene rings is 1. The van der Waals surface area contributed by atoms with Gasteiger partial charge in [-0.05, 0) is 61.1 Å². The highest BCUT2D eigenvalue weighted by Crippen LogP contribution is 2.56. The Bertz CT molecular complexity index is 1900. The smallest absolute Gasteiger partial charge is 0.437 e. The first kappa shape index (κ1) is 38.6. The zero-order chi connectivity index (χ0) is 37.0. The number of ether oxygens (including phenoxy) is 2. The third-order valence-electron chi connectivity index (χ3n) is 8.66. The van der Waals surface area contributed by atoms with Gasteiger partial charge in [0.2, 0.25) is 0 Å². The maximum absolute atomic E-state index is 15.1. The first-order chi connectivity index (χ1) is 24.6. The van der Waals surface area contributed by atoms with Crippen LogP contribution in [-0.4, -0.2) is 26.4 Å². The molecule has 0 N–H and O–H groups in total.